The van der Waals surface area contributed by atoms with Gasteiger partial charge in [-0.15, -0.1) is 0 Å². The van der Waals surface area contributed by atoms with Crippen molar-refractivity contribution in [1.82, 2.24) is 9.62 Å². The molecule has 2 aromatic carbocycles. The number of hydrogen-bond acceptors (Lipinski definition) is 7. The molecule has 1 heterocycles. The van der Waals surface area contributed by atoms with Gasteiger partial charge < -0.3 is 4.74 Å². The van der Waals surface area contributed by atoms with Crippen LogP contribution in [0.5, 0.6) is 0 Å². The van der Waals surface area contributed by atoms with Gasteiger partial charge in [-0.1, -0.05) is 30.3 Å². The molecule has 0 aromatic heterocycles. The molecule has 0 fully saturated rings. The van der Waals surface area contributed by atoms with Crippen LogP contribution in [0.2, 0.25) is 0 Å². The summed E-state index contributed by atoms with van der Waals surface area (Å²) in [4.78, 5) is 38.5. The fourth-order valence-electron chi connectivity index (χ4n) is 3.25. The maximum absolute atomic E-state index is 12.6. The number of esters is 1. The first-order valence-corrected chi connectivity index (χ1v) is 12.9. The van der Waals surface area contributed by atoms with E-state index in [1.165, 1.54) is 23.9 Å². The number of benzene rings is 2. The molecule has 1 aliphatic rings. The molecule has 0 saturated heterocycles. The second-order valence-corrected chi connectivity index (χ2v) is 9.80. The van der Waals surface area contributed by atoms with E-state index in [-0.39, 0.29) is 42.7 Å². The highest BCUT2D eigenvalue weighted by Crippen LogP contribution is 2.22. The fourth-order valence-corrected chi connectivity index (χ4v) is 4.97. The fraction of sp³-hybridized carbons (Fsp3) is 0.318. The summed E-state index contributed by atoms with van der Waals surface area (Å²) in [5.74, 6) is -0.872. The van der Waals surface area contributed by atoms with Crippen molar-refractivity contribution in [2.45, 2.75) is 23.8 Å². The van der Waals surface area contributed by atoms with Crippen LogP contribution in [0.15, 0.2) is 59.5 Å². The molecule has 3 rings (SSSR count). The second kappa shape index (κ2) is 10.8. The van der Waals surface area contributed by atoms with Crippen LogP contribution in [0.4, 0.5) is 0 Å². The molecule has 1 atom stereocenters. The first-order chi connectivity index (χ1) is 15.3. The lowest BCUT2D eigenvalue weighted by Gasteiger charge is -2.18. The predicted octanol–water partition coefficient (Wildman–Crippen LogP) is 2.32. The second-order valence-electron chi connectivity index (χ2n) is 7.10. The number of carbonyl (C=O) groups excluding carboxylic acids is 3. The smallest absolute Gasteiger partial charge is 0.324 e. The summed E-state index contributed by atoms with van der Waals surface area (Å²) in [6, 6.07) is 13.4. The number of imide groups is 1. The first kappa shape index (κ1) is 24.0. The van der Waals surface area contributed by atoms with E-state index < -0.39 is 22.0 Å². The maximum Gasteiger partial charge on any atom is 0.324 e. The van der Waals surface area contributed by atoms with Gasteiger partial charge in [0.25, 0.3) is 11.8 Å². The Balaban J connectivity index is 1.54. The highest BCUT2D eigenvalue weighted by Gasteiger charge is 2.34. The minimum absolute atomic E-state index is 0.0466. The molecule has 0 radical (unpaired) electrons. The zero-order chi connectivity index (χ0) is 23.1. The highest BCUT2D eigenvalue weighted by atomic mass is 32.2. The summed E-state index contributed by atoms with van der Waals surface area (Å²) >= 11 is 1.48. The molecule has 2 aromatic rings. The molecule has 170 valence electrons. The van der Waals surface area contributed by atoms with Crippen molar-refractivity contribution in [2.24, 2.45) is 0 Å². The van der Waals surface area contributed by atoms with Crippen LogP contribution in [0, 0.1) is 0 Å². The SMILES string of the molecule is CSCCC(NS(=O)(=O)c1ccccc1)C(=O)OCCCN1C(=O)c2ccccc2C1=O. The summed E-state index contributed by atoms with van der Waals surface area (Å²) in [7, 11) is -3.88. The first-order valence-electron chi connectivity index (χ1n) is 10.0. The van der Waals surface area contributed by atoms with Crippen LogP contribution in [0.25, 0.3) is 0 Å². The molecular formula is C22H24N2O6S2. The largest absolute Gasteiger partial charge is 0.464 e. The molecule has 0 saturated carbocycles. The van der Waals surface area contributed by atoms with Gasteiger partial charge >= 0.3 is 5.97 Å². The van der Waals surface area contributed by atoms with Gasteiger partial charge in [0.1, 0.15) is 6.04 Å². The Morgan fingerprint density at radius 2 is 1.62 bits per heavy atom. The van der Waals surface area contributed by atoms with E-state index in [0.717, 1.165) is 4.90 Å². The van der Waals surface area contributed by atoms with Crippen LogP contribution in [0.3, 0.4) is 0 Å². The molecule has 0 aliphatic carbocycles. The van der Waals surface area contributed by atoms with E-state index in [2.05, 4.69) is 4.72 Å². The van der Waals surface area contributed by atoms with E-state index >= 15 is 0 Å². The molecular weight excluding hydrogens is 452 g/mol. The van der Waals surface area contributed by atoms with Gasteiger partial charge in [0.2, 0.25) is 10.0 Å². The van der Waals surface area contributed by atoms with Crippen molar-refractivity contribution < 1.29 is 27.5 Å². The number of amides is 2. The lowest BCUT2D eigenvalue weighted by molar-refractivity contribution is -0.145. The van der Waals surface area contributed by atoms with E-state index in [9.17, 15) is 22.8 Å². The van der Waals surface area contributed by atoms with Crippen molar-refractivity contribution >= 4 is 39.6 Å². The van der Waals surface area contributed by atoms with Crippen molar-refractivity contribution in [1.29, 1.82) is 0 Å². The summed E-state index contributed by atoms with van der Waals surface area (Å²) in [6.07, 6.45) is 2.37. The number of rotatable bonds is 11. The third-order valence-corrected chi connectivity index (χ3v) is 7.03. The van der Waals surface area contributed by atoms with E-state index in [1.807, 2.05) is 6.26 Å². The van der Waals surface area contributed by atoms with Gasteiger partial charge in [0.15, 0.2) is 0 Å². The number of nitrogens with zero attached hydrogens (tertiary/aromatic N) is 1. The van der Waals surface area contributed by atoms with E-state index in [1.54, 1.807) is 42.5 Å². The molecule has 8 nitrogen and oxygen atoms in total. The molecule has 10 heteroatoms. The standard InChI is InChI=1S/C22H24N2O6S2/c1-31-15-12-19(23-32(28,29)16-8-3-2-4-9-16)22(27)30-14-7-13-24-20(25)17-10-5-6-11-18(17)21(24)26/h2-6,8-11,19,23H,7,12-15H2,1H3. The van der Waals surface area contributed by atoms with Crippen LogP contribution >= 0.6 is 11.8 Å². The minimum Gasteiger partial charge on any atom is -0.464 e. The Bertz CT molecular complexity index is 1050. The Morgan fingerprint density at radius 1 is 1.03 bits per heavy atom. The van der Waals surface area contributed by atoms with Gasteiger partial charge in [-0.25, -0.2) is 8.42 Å². The van der Waals surface area contributed by atoms with Gasteiger partial charge in [-0.2, -0.15) is 16.5 Å². The Hall–Kier alpha value is -2.69. The van der Waals surface area contributed by atoms with Gasteiger partial charge in [0, 0.05) is 6.54 Å². The number of fused-ring (bicyclic) bond motifs is 1. The van der Waals surface area contributed by atoms with E-state index in [0.29, 0.717) is 16.9 Å². The molecule has 1 aliphatic heterocycles. The average Bonchev–Trinajstić information content (AvgIpc) is 3.04. The molecule has 1 N–H and O–H groups in total. The maximum atomic E-state index is 12.6. The van der Waals surface area contributed by atoms with Crippen LogP contribution in [-0.4, -0.2) is 62.3 Å². The monoisotopic (exact) mass is 476 g/mol. The third-order valence-electron chi connectivity index (χ3n) is 4.89. The van der Waals surface area contributed by atoms with Crippen molar-refractivity contribution in [2.75, 3.05) is 25.2 Å². The number of hydrogen-bond donors (Lipinski definition) is 1. The van der Waals surface area contributed by atoms with Crippen molar-refractivity contribution in [3.8, 4) is 0 Å². The molecule has 2 amide bonds. The Labute approximate surface area is 191 Å². The Kier molecular flexibility index (Phi) is 8.05. The highest BCUT2D eigenvalue weighted by molar-refractivity contribution is 7.98. The minimum atomic E-state index is -3.88. The van der Waals surface area contributed by atoms with E-state index in [4.69, 9.17) is 4.74 Å². The summed E-state index contributed by atoms with van der Waals surface area (Å²) in [6.45, 7) is 0.0555. The zero-order valence-corrected chi connectivity index (χ0v) is 19.2. The molecule has 0 spiro atoms. The summed E-state index contributed by atoms with van der Waals surface area (Å²) in [5, 5.41) is 0. The zero-order valence-electron chi connectivity index (χ0n) is 17.5. The van der Waals surface area contributed by atoms with Gasteiger partial charge in [-0.3, -0.25) is 19.3 Å². The Morgan fingerprint density at radius 3 is 2.22 bits per heavy atom. The van der Waals surface area contributed by atoms with Crippen molar-refractivity contribution in [3.05, 3.63) is 65.7 Å². The molecule has 1 unspecified atom stereocenters. The number of sulfonamides is 1. The number of thioether (sulfide) groups is 1. The summed E-state index contributed by atoms with van der Waals surface area (Å²) < 4.78 is 32.9. The lowest BCUT2D eigenvalue weighted by Crippen LogP contribution is -2.42. The number of nitrogens with one attached hydrogen (secondary N) is 1. The predicted molar refractivity (Wildman–Crippen MR) is 121 cm³/mol. The summed E-state index contributed by atoms with van der Waals surface area (Å²) in [5.41, 5.74) is 0.726. The normalized spacial score (nSPS) is 14.3. The molecule has 32 heavy (non-hydrogen) atoms. The van der Waals surface area contributed by atoms with Crippen LogP contribution in [-0.2, 0) is 19.6 Å². The van der Waals surface area contributed by atoms with Crippen LogP contribution in [0.1, 0.15) is 33.6 Å². The van der Waals surface area contributed by atoms with Crippen molar-refractivity contribution in [3.63, 3.8) is 0 Å². The topological polar surface area (TPSA) is 110 Å². The third kappa shape index (κ3) is 5.56. The lowest BCUT2D eigenvalue weighted by atomic mass is 10.1. The number of carbonyl (C=O) groups is 3. The average molecular weight is 477 g/mol. The quantitative estimate of drug-likeness (QED) is 0.301. The number of ether oxygens (including phenoxy) is 1. The van der Waals surface area contributed by atoms with Gasteiger partial charge in [-0.05, 0) is 49.1 Å². The van der Waals surface area contributed by atoms with Crippen LogP contribution < -0.4 is 4.72 Å². The van der Waals surface area contributed by atoms with Gasteiger partial charge in [0.05, 0.1) is 22.6 Å². The molecule has 0 bridgehead atoms.